The van der Waals surface area contributed by atoms with Gasteiger partial charge in [-0.25, -0.2) is 4.79 Å². The number of benzene rings is 1. The summed E-state index contributed by atoms with van der Waals surface area (Å²) in [7, 11) is 0. The van der Waals surface area contributed by atoms with E-state index in [-0.39, 0.29) is 37.4 Å². The van der Waals surface area contributed by atoms with Crippen LogP contribution in [0.1, 0.15) is 26.3 Å². The summed E-state index contributed by atoms with van der Waals surface area (Å²) in [5.74, 6) is -0.609. The zero-order chi connectivity index (χ0) is 21.2. The van der Waals surface area contributed by atoms with Crippen LogP contribution >= 0.6 is 0 Å². The van der Waals surface area contributed by atoms with Gasteiger partial charge >= 0.3 is 6.09 Å². The molecule has 1 atom stereocenters. The molecule has 0 aliphatic carbocycles. The lowest BCUT2D eigenvalue weighted by molar-refractivity contribution is -0.124. The average molecular weight is 401 g/mol. The number of amides is 3. The van der Waals surface area contributed by atoms with Gasteiger partial charge in [0, 0.05) is 24.6 Å². The Morgan fingerprint density at radius 2 is 2.00 bits per heavy atom. The molecule has 1 unspecified atom stereocenters. The van der Waals surface area contributed by atoms with E-state index in [1.807, 2.05) is 19.9 Å². The molecule has 0 aliphatic rings. The van der Waals surface area contributed by atoms with Crippen molar-refractivity contribution >= 4 is 23.6 Å². The van der Waals surface area contributed by atoms with Crippen LogP contribution in [0.4, 0.5) is 10.5 Å². The normalized spacial score (nSPS) is 11.6. The second-order valence-corrected chi connectivity index (χ2v) is 6.76. The van der Waals surface area contributed by atoms with E-state index < -0.39 is 12.1 Å². The van der Waals surface area contributed by atoms with Crippen LogP contribution in [0.5, 0.6) is 0 Å². The largest absolute Gasteiger partial charge is 0.450 e. The van der Waals surface area contributed by atoms with Gasteiger partial charge in [0.15, 0.2) is 0 Å². The minimum Gasteiger partial charge on any atom is -0.450 e. The third-order valence-corrected chi connectivity index (χ3v) is 4.04. The van der Waals surface area contributed by atoms with Crippen LogP contribution in [0, 0.1) is 5.92 Å². The Hall–Kier alpha value is -3.36. The van der Waals surface area contributed by atoms with E-state index in [0.717, 1.165) is 5.56 Å². The van der Waals surface area contributed by atoms with Gasteiger partial charge in [-0.05, 0) is 36.6 Å². The maximum Gasteiger partial charge on any atom is 0.407 e. The zero-order valence-electron chi connectivity index (χ0n) is 16.8. The molecule has 156 valence electrons. The summed E-state index contributed by atoms with van der Waals surface area (Å²) in [6.45, 7) is 5.99. The van der Waals surface area contributed by atoms with E-state index in [0.29, 0.717) is 5.69 Å². The van der Waals surface area contributed by atoms with Crippen molar-refractivity contribution in [3.8, 4) is 0 Å². The number of rotatable bonds is 9. The highest BCUT2D eigenvalue weighted by molar-refractivity contribution is 5.90. The van der Waals surface area contributed by atoms with Gasteiger partial charge < -0.3 is 20.7 Å². The van der Waals surface area contributed by atoms with Crippen LogP contribution in [0.25, 0.3) is 0 Å². The standard InChI is InChI=1S/C20H27N5O4/c1-4-29-20(28)24-18(14(2)3)19(27)21-12-15-7-5-8-16(11-15)23-17(26)13-25-10-6-9-22-25/h5-11,14,18H,4,12-13H2,1-3H3,(H,21,27)(H,23,26)(H,24,28). The van der Waals surface area contributed by atoms with E-state index in [1.54, 1.807) is 43.6 Å². The molecule has 2 aromatic rings. The summed E-state index contributed by atoms with van der Waals surface area (Å²) in [5, 5.41) is 12.2. The monoisotopic (exact) mass is 401 g/mol. The fourth-order valence-electron chi connectivity index (χ4n) is 2.63. The fraction of sp³-hybridized carbons (Fsp3) is 0.400. The van der Waals surface area contributed by atoms with Crippen molar-refractivity contribution in [2.24, 2.45) is 5.92 Å². The first-order valence-electron chi connectivity index (χ1n) is 9.46. The SMILES string of the molecule is CCOC(=O)NC(C(=O)NCc1cccc(NC(=O)Cn2cccn2)c1)C(C)C. The first-order chi connectivity index (χ1) is 13.9. The van der Waals surface area contributed by atoms with E-state index in [2.05, 4.69) is 21.0 Å². The Kier molecular flexibility index (Phi) is 8.20. The Morgan fingerprint density at radius 3 is 2.66 bits per heavy atom. The molecule has 29 heavy (non-hydrogen) atoms. The Morgan fingerprint density at radius 1 is 1.21 bits per heavy atom. The summed E-state index contributed by atoms with van der Waals surface area (Å²) in [6, 6.07) is 8.23. The number of hydrogen-bond donors (Lipinski definition) is 3. The third-order valence-electron chi connectivity index (χ3n) is 4.04. The first-order valence-corrected chi connectivity index (χ1v) is 9.46. The number of nitrogens with one attached hydrogen (secondary N) is 3. The van der Waals surface area contributed by atoms with Crippen LogP contribution in [0.15, 0.2) is 42.7 Å². The summed E-state index contributed by atoms with van der Waals surface area (Å²) >= 11 is 0. The minimum absolute atomic E-state index is 0.104. The quantitative estimate of drug-likeness (QED) is 0.594. The lowest BCUT2D eigenvalue weighted by Gasteiger charge is -2.21. The predicted octanol–water partition coefficient (Wildman–Crippen LogP) is 1.91. The summed E-state index contributed by atoms with van der Waals surface area (Å²) in [6.07, 6.45) is 2.70. The van der Waals surface area contributed by atoms with Crippen molar-refractivity contribution in [2.75, 3.05) is 11.9 Å². The van der Waals surface area contributed by atoms with Gasteiger partial charge in [-0.2, -0.15) is 5.10 Å². The van der Waals surface area contributed by atoms with Crippen LogP contribution in [-0.2, 0) is 27.4 Å². The van der Waals surface area contributed by atoms with Gasteiger partial charge in [0.25, 0.3) is 0 Å². The number of alkyl carbamates (subject to hydrolysis) is 1. The summed E-state index contributed by atoms with van der Waals surface area (Å²) in [4.78, 5) is 36.2. The number of carbonyl (C=O) groups is 3. The minimum atomic E-state index is -0.703. The highest BCUT2D eigenvalue weighted by Crippen LogP contribution is 2.11. The lowest BCUT2D eigenvalue weighted by atomic mass is 10.0. The van der Waals surface area contributed by atoms with Gasteiger partial charge in [-0.3, -0.25) is 14.3 Å². The van der Waals surface area contributed by atoms with Crippen molar-refractivity contribution in [3.05, 3.63) is 48.3 Å². The van der Waals surface area contributed by atoms with Crippen molar-refractivity contribution in [1.82, 2.24) is 20.4 Å². The molecule has 0 saturated carbocycles. The van der Waals surface area contributed by atoms with E-state index >= 15 is 0 Å². The Bertz CT molecular complexity index is 820. The van der Waals surface area contributed by atoms with Crippen molar-refractivity contribution in [2.45, 2.75) is 39.9 Å². The number of carbonyl (C=O) groups excluding carboxylic acids is 3. The molecule has 3 N–H and O–H groups in total. The van der Waals surface area contributed by atoms with Crippen LogP contribution in [0.3, 0.4) is 0 Å². The highest BCUT2D eigenvalue weighted by atomic mass is 16.5. The van der Waals surface area contributed by atoms with Gasteiger partial charge in [-0.1, -0.05) is 26.0 Å². The van der Waals surface area contributed by atoms with E-state index in [4.69, 9.17) is 4.74 Å². The van der Waals surface area contributed by atoms with Crippen LogP contribution < -0.4 is 16.0 Å². The Balaban J connectivity index is 1.90. The molecule has 1 heterocycles. The molecule has 0 spiro atoms. The fourth-order valence-corrected chi connectivity index (χ4v) is 2.63. The van der Waals surface area contributed by atoms with Gasteiger partial charge in [0.05, 0.1) is 6.61 Å². The molecule has 0 aliphatic heterocycles. The maximum atomic E-state index is 12.5. The highest BCUT2D eigenvalue weighted by Gasteiger charge is 2.24. The molecule has 0 radical (unpaired) electrons. The maximum absolute atomic E-state index is 12.5. The second kappa shape index (κ2) is 10.8. The predicted molar refractivity (Wildman–Crippen MR) is 108 cm³/mol. The molecular weight excluding hydrogens is 374 g/mol. The summed E-state index contributed by atoms with van der Waals surface area (Å²) in [5.41, 5.74) is 1.44. The summed E-state index contributed by atoms with van der Waals surface area (Å²) < 4.78 is 6.38. The van der Waals surface area contributed by atoms with Crippen molar-refractivity contribution in [3.63, 3.8) is 0 Å². The number of hydrogen-bond acceptors (Lipinski definition) is 5. The lowest BCUT2D eigenvalue weighted by Crippen LogP contribution is -2.49. The molecule has 0 saturated heterocycles. The molecule has 2 rings (SSSR count). The molecule has 9 nitrogen and oxygen atoms in total. The first kappa shape index (κ1) is 21.9. The van der Waals surface area contributed by atoms with Gasteiger partial charge in [0.2, 0.25) is 11.8 Å². The average Bonchev–Trinajstić information content (AvgIpc) is 3.17. The molecule has 3 amide bonds. The Labute approximate surface area is 169 Å². The smallest absolute Gasteiger partial charge is 0.407 e. The van der Waals surface area contributed by atoms with E-state index in [1.165, 1.54) is 4.68 Å². The molecule has 9 heteroatoms. The number of nitrogens with zero attached hydrogens (tertiary/aromatic N) is 2. The zero-order valence-corrected chi connectivity index (χ0v) is 16.8. The molecular formula is C20H27N5O4. The van der Waals surface area contributed by atoms with Crippen LogP contribution in [-0.4, -0.2) is 40.3 Å². The molecule has 1 aromatic carbocycles. The van der Waals surface area contributed by atoms with Gasteiger partial charge in [-0.15, -0.1) is 0 Å². The number of anilines is 1. The third kappa shape index (κ3) is 7.28. The number of ether oxygens (including phenoxy) is 1. The van der Waals surface area contributed by atoms with Crippen molar-refractivity contribution in [1.29, 1.82) is 0 Å². The van der Waals surface area contributed by atoms with E-state index in [9.17, 15) is 14.4 Å². The second-order valence-electron chi connectivity index (χ2n) is 6.76. The van der Waals surface area contributed by atoms with Crippen LogP contribution in [0.2, 0.25) is 0 Å². The molecule has 0 bridgehead atoms. The molecule has 1 aromatic heterocycles. The molecule has 0 fully saturated rings. The van der Waals surface area contributed by atoms with Gasteiger partial charge in [0.1, 0.15) is 12.6 Å². The van der Waals surface area contributed by atoms with Crippen molar-refractivity contribution < 1.29 is 19.1 Å². The number of aromatic nitrogens is 2. The topological polar surface area (TPSA) is 114 Å².